The molecule has 0 bridgehead atoms. The number of nitriles is 1. The molecule has 0 aromatic rings. The van der Waals surface area contributed by atoms with Crippen LogP contribution in [0.3, 0.4) is 0 Å². The molecule has 15 heavy (non-hydrogen) atoms. The van der Waals surface area contributed by atoms with Gasteiger partial charge in [-0.05, 0) is 18.8 Å². The quantitative estimate of drug-likeness (QED) is 0.763. The molecular formula is C11H18N2O2. The van der Waals surface area contributed by atoms with Gasteiger partial charge in [0.15, 0.2) is 0 Å². The predicted molar refractivity (Wildman–Crippen MR) is 56.2 cm³/mol. The van der Waals surface area contributed by atoms with E-state index in [1.165, 1.54) is 0 Å². The lowest BCUT2D eigenvalue weighted by molar-refractivity contribution is -0.145. The van der Waals surface area contributed by atoms with Crippen molar-refractivity contribution in [2.75, 3.05) is 13.1 Å². The number of nitrogens with zero attached hydrogens (tertiary/aromatic N) is 2. The van der Waals surface area contributed by atoms with E-state index in [4.69, 9.17) is 10.4 Å². The van der Waals surface area contributed by atoms with E-state index in [1.807, 2.05) is 13.8 Å². The van der Waals surface area contributed by atoms with Crippen molar-refractivity contribution in [2.45, 2.75) is 32.7 Å². The molecule has 0 saturated carbocycles. The second kappa shape index (κ2) is 5.13. The van der Waals surface area contributed by atoms with Gasteiger partial charge in [-0.1, -0.05) is 13.8 Å². The summed E-state index contributed by atoms with van der Waals surface area (Å²) in [4.78, 5) is 13.0. The highest BCUT2D eigenvalue weighted by atomic mass is 16.4. The van der Waals surface area contributed by atoms with E-state index in [0.717, 1.165) is 19.5 Å². The first kappa shape index (κ1) is 12.0. The Labute approximate surface area is 90.5 Å². The minimum absolute atomic E-state index is 0.0535. The summed E-state index contributed by atoms with van der Waals surface area (Å²) >= 11 is 0. The average Bonchev–Trinajstić information content (AvgIpc) is 2.19. The molecule has 1 aliphatic rings. The van der Waals surface area contributed by atoms with Gasteiger partial charge in [-0.25, -0.2) is 0 Å². The molecule has 0 aromatic carbocycles. The molecule has 0 amide bonds. The number of likely N-dealkylation sites (tertiary alicyclic amines) is 1. The Balaban J connectivity index is 2.58. The fraction of sp³-hybridized carbons (Fsp3) is 0.818. The summed E-state index contributed by atoms with van der Waals surface area (Å²) in [6.45, 7) is 5.40. The third-order valence-electron chi connectivity index (χ3n) is 3.23. The van der Waals surface area contributed by atoms with Crippen LogP contribution in [0.25, 0.3) is 0 Å². The summed E-state index contributed by atoms with van der Waals surface area (Å²) in [6, 6.07) is 2.21. The van der Waals surface area contributed by atoms with Crippen molar-refractivity contribution in [2.24, 2.45) is 11.8 Å². The monoisotopic (exact) mass is 210 g/mol. The van der Waals surface area contributed by atoms with E-state index in [0.29, 0.717) is 6.42 Å². The zero-order chi connectivity index (χ0) is 11.4. The number of aliphatic carboxylic acids is 1. The molecule has 4 heteroatoms. The van der Waals surface area contributed by atoms with Gasteiger partial charge in [0.2, 0.25) is 0 Å². The lowest BCUT2D eigenvalue weighted by atomic mass is 9.86. The molecule has 3 unspecified atom stereocenters. The maximum atomic E-state index is 10.9. The van der Waals surface area contributed by atoms with Crippen molar-refractivity contribution in [1.29, 1.82) is 5.26 Å². The van der Waals surface area contributed by atoms with Crippen LogP contribution in [0.15, 0.2) is 0 Å². The third-order valence-corrected chi connectivity index (χ3v) is 3.23. The third kappa shape index (κ3) is 2.69. The first-order valence-electron chi connectivity index (χ1n) is 5.46. The van der Waals surface area contributed by atoms with E-state index < -0.39 is 5.97 Å². The van der Waals surface area contributed by atoms with Gasteiger partial charge in [0, 0.05) is 13.1 Å². The summed E-state index contributed by atoms with van der Waals surface area (Å²) in [5.74, 6) is -0.803. The number of carboxylic acids is 1. The molecule has 3 atom stereocenters. The summed E-state index contributed by atoms with van der Waals surface area (Å²) in [5, 5.41) is 17.9. The molecule has 0 radical (unpaired) electrons. The molecular weight excluding hydrogens is 192 g/mol. The molecule has 1 heterocycles. The standard InChI is InChI=1S/C11H18N2O2/c1-3-9(6-12)13-5-4-10(11(14)15)8(2)7-13/h8-10H,3-5,7H2,1-2H3,(H,14,15). The fourth-order valence-electron chi connectivity index (χ4n) is 2.26. The van der Waals surface area contributed by atoms with Crippen LogP contribution in [0.4, 0.5) is 0 Å². The first-order chi connectivity index (χ1) is 7.10. The number of hydrogen-bond donors (Lipinski definition) is 1. The highest BCUT2D eigenvalue weighted by molar-refractivity contribution is 5.70. The van der Waals surface area contributed by atoms with Gasteiger partial charge < -0.3 is 5.11 Å². The highest BCUT2D eigenvalue weighted by Gasteiger charge is 2.33. The summed E-state index contributed by atoms with van der Waals surface area (Å²) in [6.07, 6.45) is 1.47. The van der Waals surface area contributed by atoms with Gasteiger partial charge in [0.25, 0.3) is 0 Å². The molecule has 0 aliphatic carbocycles. The summed E-state index contributed by atoms with van der Waals surface area (Å²) in [5.41, 5.74) is 0. The predicted octanol–water partition coefficient (Wildman–Crippen LogP) is 1.33. The molecule has 1 saturated heterocycles. The molecule has 1 N–H and O–H groups in total. The maximum absolute atomic E-state index is 10.9. The van der Waals surface area contributed by atoms with E-state index in [9.17, 15) is 4.79 Å². The molecule has 0 aromatic heterocycles. The van der Waals surface area contributed by atoms with E-state index in [-0.39, 0.29) is 17.9 Å². The van der Waals surface area contributed by atoms with Crippen molar-refractivity contribution in [1.82, 2.24) is 4.90 Å². The van der Waals surface area contributed by atoms with Crippen molar-refractivity contribution >= 4 is 5.97 Å². The Kier molecular flexibility index (Phi) is 4.10. The minimum atomic E-state index is -0.702. The first-order valence-corrected chi connectivity index (χ1v) is 5.46. The smallest absolute Gasteiger partial charge is 0.306 e. The number of piperidine rings is 1. The van der Waals surface area contributed by atoms with Crippen LogP contribution in [0.5, 0.6) is 0 Å². The van der Waals surface area contributed by atoms with Crippen molar-refractivity contribution in [3.63, 3.8) is 0 Å². The van der Waals surface area contributed by atoms with Crippen LogP contribution in [0, 0.1) is 23.2 Å². The number of rotatable bonds is 3. The van der Waals surface area contributed by atoms with Crippen LogP contribution < -0.4 is 0 Å². The number of carboxylic acid groups (broad SMARTS) is 1. The molecule has 1 fully saturated rings. The Bertz CT molecular complexity index is 272. The Morgan fingerprint density at radius 2 is 2.40 bits per heavy atom. The van der Waals surface area contributed by atoms with E-state index in [2.05, 4.69) is 11.0 Å². The van der Waals surface area contributed by atoms with E-state index >= 15 is 0 Å². The van der Waals surface area contributed by atoms with Crippen molar-refractivity contribution in [3.8, 4) is 6.07 Å². The van der Waals surface area contributed by atoms with Crippen LogP contribution in [0.2, 0.25) is 0 Å². The largest absolute Gasteiger partial charge is 0.481 e. The number of carbonyl (C=O) groups is 1. The van der Waals surface area contributed by atoms with Crippen molar-refractivity contribution < 1.29 is 9.90 Å². The average molecular weight is 210 g/mol. The molecule has 84 valence electrons. The van der Waals surface area contributed by atoms with Crippen LogP contribution in [-0.4, -0.2) is 35.1 Å². The van der Waals surface area contributed by atoms with Gasteiger partial charge in [0.05, 0.1) is 18.0 Å². The second-order valence-electron chi connectivity index (χ2n) is 4.26. The second-order valence-corrected chi connectivity index (χ2v) is 4.26. The van der Waals surface area contributed by atoms with Crippen LogP contribution in [0.1, 0.15) is 26.7 Å². The zero-order valence-electron chi connectivity index (χ0n) is 9.31. The highest BCUT2D eigenvalue weighted by Crippen LogP contribution is 2.25. The van der Waals surface area contributed by atoms with Gasteiger partial charge in [-0.2, -0.15) is 5.26 Å². The van der Waals surface area contributed by atoms with Crippen molar-refractivity contribution in [3.05, 3.63) is 0 Å². The van der Waals surface area contributed by atoms with Gasteiger partial charge >= 0.3 is 5.97 Å². The topological polar surface area (TPSA) is 64.3 Å². The molecule has 0 spiro atoms. The minimum Gasteiger partial charge on any atom is -0.481 e. The fourth-order valence-corrected chi connectivity index (χ4v) is 2.26. The summed E-state index contributed by atoms with van der Waals surface area (Å²) in [7, 11) is 0. The van der Waals surface area contributed by atoms with Gasteiger partial charge in [-0.3, -0.25) is 9.69 Å². The SMILES string of the molecule is CCC(C#N)N1CCC(C(=O)O)C(C)C1. The number of hydrogen-bond acceptors (Lipinski definition) is 3. The normalized spacial score (nSPS) is 29.4. The van der Waals surface area contributed by atoms with Crippen LogP contribution >= 0.6 is 0 Å². The lowest BCUT2D eigenvalue weighted by Crippen LogP contribution is -2.46. The Morgan fingerprint density at radius 3 is 2.80 bits per heavy atom. The Hall–Kier alpha value is -1.08. The Morgan fingerprint density at radius 1 is 1.73 bits per heavy atom. The maximum Gasteiger partial charge on any atom is 0.306 e. The molecule has 1 rings (SSSR count). The van der Waals surface area contributed by atoms with Gasteiger partial charge in [0.1, 0.15) is 0 Å². The molecule has 4 nitrogen and oxygen atoms in total. The van der Waals surface area contributed by atoms with E-state index in [1.54, 1.807) is 0 Å². The zero-order valence-corrected chi connectivity index (χ0v) is 9.31. The van der Waals surface area contributed by atoms with Crippen LogP contribution in [-0.2, 0) is 4.79 Å². The van der Waals surface area contributed by atoms with Gasteiger partial charge in [-0.15, -0.1) is 0 Å². The summed E-state index contributed by atoms with van der Waals surface area (Å²) < 4.78 is 0. The molecule has 1 aliphatic heterocycles. The lowest BCUT2D eigenvalue weighted by Gasteiger charge is -2.36.